The SMILES string of the molecule is CCc1c(C(=O)O)cn2ncnc(N3CCOCC3)c12. The molecule has 0 spiro atoms. The van der Waals surface area contributed by atoms with Crippen LogP contribution in [0.3, 0.4) is 0 Å². The first kappa shape index (κ1) is 12.9. The number of fused-ring (bicyclic) bond motifs is 1. The van der Waals surface area contributed by atoms with Crippen molar-refractivity contribution in [2.24, 2.45) is 0 Å². The third kappa shape index (κ3) is 2.00. The second-order valence-electron chi connectivity index (χ2n) is 4.66. The van der Waals surface area contributed by atoms with Crippen LogP contribution in [0, 0.1) is 0 Å². The third-order valence-electron chi connectivity index (χ3n) is 3.55. The number of hydrogen-bond acceptors (Lipinski definition) is 5. The van der Waals surface area contributed by atoms with Gasteiger partial charge in [-0.1, -0.05) is 6.92 Å². The summed E-state index contributed by atoms with van der Waals surface area (Å²) in [5.74, 6) is -0.145. The lowest BCUT2D eigenvalue weighted by molar-refractivity contribution is 0.0696. The van der Waals surface area contributed by atoms with E-state index in [1.807, 2.05) is 6.92 Å². The predicted octanol–water partition coefficient (Wildman–Crippen LogP) is 0.827. The molecule has 7 heteroatoms. The fourth-order valence-corrected chi connectivity index (χ4v) is 2.61. The molecule has 0 atom stereocenters. The summed E-state index contributed by atoms with van der Waals surface area (Å²) in [5.41, 5.74) is 1.86. The Bertz CT molecular complexity index is 646. The molecule has 0 saturated carbocycles. The number of carboxylic acids is 1. The Morgan fingerprint density at radius 2 is 2.20 bits per heavy atom. The largest absolute Gasteiger partial charge is 0.478 e. The van der Waals surface area contributed by atoms with Crippen molar-refractivity contribution in [3.05, 3.63) is 23.7 Å². The van der Waals surface area contributed by atoms with E-state index in [4.69, 9.17) is 4.74 Å². The summed E-state index contributed by atoms with van der Waals surface area (Å²) in [4.78, 5) is 17.8. The van der Waals surface area contributed by atoms with Gasteiger partial charge in [0.1, 0.15) is 11.8 Å². The van der Waals surface area contributed by atoms with Gasteiger partial charge in [-0.3, -0.25) is 0 Å². The molecule has 0 bridgehead atoms. The van der Waals surface area contributed by atoms with Crippen LogP contribution in [0.5, 0.6) is 0 Å². The smallest absolute Gasteiger partial charge is 0.337 e. The zero-order valence-electron chi connectivity index (χ0n) is 11.2. The number of carboxylic acid groups (broad SMARTS) is 1. The second kappa shape index (κ2) is 5.09. The van der Waals surface area contributed by atoms with Crippen molar-refractivity contribution >= 4 is 17.3 Å². The fourth-order valence-electron chi connectivity index (χ4n) is 2.61. The van der Waals surface area contributed by atoms with Crippen molar-refractivity contribution < 1.29 is 14.6 Å². The lowest BCUT2D eigenvalue weighted by atomic mass is 10.1. The van der Waals surface area contributed by atoms with E-state index in [1.165, 1.54) is 6.33 Å². The van der Waals surface area contributed by atoms with Crippen LogP contribution in [0.4, 0.5) is 5.82 Å². The van der Waals surface area contributed by atoms with Crippen LogP contribution < -0.4 is 4.90 Å². The first-order valence-corrected chi connectivity index (χ1v) is 6.63. The maximum Gasteiger partial charge on any atom is 0.337 e. The van der Waals surface area contributed by atoms with E-state index < -0.39 is 5.97 Å². The Morgan fingerprint density at radius 1 is 1.45 bits per heavy atom. The number of aryl methyl sites for hydroxylation is 1. The van der Waals surface area contributed by atoms with Gasteiger partial charge in [-0.25, -0.2) is 14.3 Å². The van der Waals surface area contributed by atoms with Crippen molar-refractivity contribution in [1.29, 1.82) is 0 Å². The van der Waals surface area contributed by atoms with Crippen molar-refractivity contribution in [3.8, 4) is 0 Å². The zero-order chi connectivity index (χ0) is 14.1. The lowest BCUT2D eigenvalue weighted by Gasteiger charge is -2.28. The molecule has 1 aliphatic heterocycles. The minimum atomic E-state index is -0.930. The Kier molecular flexibility index (Phi) is 3.27. The molecule has 0 amide bonds. The lowest BCUT2D eigenvalue weighted by Crippen LogP contribution is -2.37. The normalized spacial score (nSPS) is 15.8. The molecule has 0 unspecified atom stereocenters. The number of ether oxygens (including phenoxy) is 1. The van der Waals surface area contributed by atoms with Crippen LogP contribution in [-0.4, -0.2) is 52.0 Å². The average molecular weight is 276 g/mol. The predicted molar refractivity (Wildman–Crippen MR) is 72.4 cm³/mol. The Morgan fingerprint density at radius 3 is 2.85 bits per heavy atom. The third-order valence-corrected chi connectivity index (χ3v) is 3.55. The number of nitrogens with zero attached hydrogens (tertiary/aromatic N) is 4. The van der Waals surface area contributed by atoms with Crippen LogP contribution in [0.1, 0.15) is 22.8 Å². The van der Waals surface area contributed by atoms with Crippen molar-refractivity contribution in [1.82, 2.24) is 14.6 Å². The molecule has 3 heterocycles. The van der Waals surface area contributed by atoms with Gasteiger partial charge < -0.3 is 14.7 Å². The van der Waals surface area contributed by atoms with Crippen LogP contribution >= 0.6 is 0 Å². The summed E-state index contributed by atoms with van der Waals surface area (Å²) in [6, 6.07) is 0. The summed E-state index contributed by atoms with van der Waals surface area (Å²) >= 11 is 0. The van der Waals surface area contributed by atoms with Gasteiger partial charge in [0.05, 0.1) is 18.8 Å². The maximum absolute atomic E-state index is 11.3. The van der Waals surface area contributed by atoms with E-state index in [0.717, 1.165) is 30.0 Å². The van der Waals surface area contributed by atoms with Gasteiger partial charge in [0.2, 0.25) is 0 Å². The summed E-state index contributed by atoms with van der Waals surface area (Å²) in [7, 11) is 0. The molecular weight excluding hydrogens is 260 g/mol. The second-order valence-corrected chi connectivity index (χ2v) is 4.66. The minimum Gasteiger partial charge on any atom is -0.478 e. The van der Waals surface area contributed by atoms with Gasteiger partial charge in [-0.2, -0.15) is 5.10 Å². The quantitative estimate of drug-likeness (QED) is 0.894. The molecule has 2 aromatic heterocycles. The highest BCUT2D eigenvalue weighted by molar-refractivity contribution is 5.94. The topological polar surface area (TPSA) is 80.0 Å². The van der Waals surface area contributed by atoms with Crippen LogP contribution in [0.25, 0.3) is 5.52 Å². The Hall–Kier alpha value is -2.15. The Labute approximate surface area is 115 Å². The highest BCUT2D eigenvalue weighted by Gasteiger charge is 2.22. The molecule has 20 heavy (non-hydrogen) atoms. The van der Waals surface area contributed by atoms with Gasteiger partial charge in [-0.15, -0.1) is 0 Å². The van der Waals surface area contributed by atoms with Crippen LogP contribution in [-0.2, 0) is 11.2 Å². The first-order valence-electron chi connectivity index (χ1n) is 6.63. The fraction of sp³-hybridized carbons (Fsp3) is 0.462. The monoisotopic (exact) mass is 276 g/mol. The Balaban J connectivity index is 2.19. The zero-order valence-corrected chi connectivity index (χ0v) is 11.2. The van der Waals surface area contributed by atoms with Gasteiger partial charge >= 0.3 is 5.97 Å². The maximum atomic E-state index is 11.3. The minimum absolute atomic E-state index is 0.294. The van der Waals surface area contributed by atoms with E-state index in [2.05, 4.69) is 15.0 Å². The number of morpholine rings is 1. The number of rotatable bonds is 3. The molecule has 3 rings (SSSR count). The van der Waals surface area contributed by atoms with Crippen molar-refractivity contribution in [2.75, 3.05) is 31.2 Å². The van der Waals surface area contributed by atoms with Gasteiger partial charge in [0, 0.05) is 19.3 Å². The van der Waals surface area contributed by atoms with E-state index in [-0.39, 0.29) is 0 Å². The molecule has 2 aromatic rings. The van der Waals surface area contributed by atoms with E-state index in [1.54, 1.807) is 10.7 Å². The number of anilines is 1. The highest BCUT2D eigenvalue weighted by atomic mass is 16.5. The summed E-state index contributed by atoms with van der Waals surface area (Å²) in [6.45, 7) is 4.76. The standard InChI is InChI=1S/C13H16N4O3/c1-2-9-10(13(18)19)7-17-11(9)12(14-8-15-17)16-3-5-20-6-4-16/h7-8H,2-6H2,1H3,(H,18,19). The average Bonchev–Trinajstić information content (AvgIpc) is 2.87. The molecular formula is C13H16N4O3. The molecule has 106 valence electrons. The first-order chi connectivity index (χ1) is 9.72. The van der Waals surface area contributed by atoms with E-state index in [9.17, 15) is 9.90 Å². The van der Waals surface area contributed by atoms with Crippen molar-refractivity contribution in [2.45, 2.75) is 13.3 Å². The molecule has 1 fully saturated rings. The number of hydrogen-bond donors (Lipinski definition) is 1. The number of aromatic carboxylic acids is 1. The van der Waals surface area contributed by atoms with E-state index >= 15 is 0 Å². The summed E-state index contributed by atoms with van der Waals surface area (Å²) in [6.07, 6.45) is 3.65. The van der Waals surface area contributed by atoms with Crippen LogP contribution in [0.2, 0.25) is 0 Å². The molecule has 1 saturated heterocycles. The van der Waals surface area contributed by atoms with Gasteiger partial charge in [0.15, 0.2) is 5.82 Å². The summed E-state index contributed by atoms with van der Waals surface area (Å²) < 4.78 is 6.96. The molecule has 1 N–H and O–H groups in total. The van der Waals surface area contributed by atoms with Gasteiger partial charge in [0.25, 0.3) is 0 Å². The number of aromatic nitrogens is 3. The van der Waals surface area contributed by atoms with Crippen molar-refractivity contribution in [3.63, 3.8) is 0 Å². The summed E-state index contributed by atoms with van der Waals surface area (Å²) in [5, 5.41) is 13.4. The molecule has 0 radical (unpaired) electrons. The molecule has 7 nitrogen and oxygen atoms in total. The number of carbonyl (C=O) groups is 1. The van der Waals surface area contributed by atoms with E-state index in [0.29, 0.717) is 25.2 Å². The molecule has 1 aliphatic rings. The van der Waals surface area contributed by atoms with Crippen LogP contribution in [0.15, 0.2) is 12.5 Å². The highest BCUT2D eigenvalue weighted by Crippen LogP contribution is 2.27. The van der Waals surface area contributed by atoms with Gasteiger partial charge in [-0.05, 0) is 12.0 Å². The molecule has 0 aliphatic carbocycles. The molecule has 0 aromatic carbocycles.